The number of aliphatic hydroxyl groups excluding tert-OH is 5. The van der Waals surface area contributed by atoms with Crippen LogP contribution in [0.15, 0.2) is 12.2 Å². The SMILES string of the molecule is CCCCCC/C=C\CCCCCCCCCC(=O)N[C@H]1[C@H](OCC2O[C@H](OP(=O)(O)O)[C@H](N[C@@H](O)C[C@@H](O)CCCCCCCCCCC)[C@@H](OCCCCCCCCCC)[C@@H]2O)O[C@H](CCO)[C@@H](O)[C@@H]1OCC[C@@H](CCCCCCC)OC.O=POO. The van der Waals surface area contributed by atoms with Crippen LogP contribution in [-0.4, -0.2) is 160 Å². The molecule has 528 valence electrons. The van der Waals surface area contributed by atoms with Gasteiger partial charge >= 0.3 is 16.5 Å². The maximum Gasteiger partial charge on any atom is 0.471 e. The lowest BCUT2D eigenvalue weighted by Gasteiger charge is -2.47. The Balaban J connectivity index is 0.00000958. The largest absolute Gasteiger partial charge is 0.471 e. The lowest BCUT2D eigenvalue weighted by molar-refractivity contribution is -0.301. The number of hydrogen-bond acceptors (Lipinski definition) is 18. The van der Waals surface area contributed by atoms with Gasteiger partial charge in [-0.25, -0.2) is 14.4 Å². The number of nitrogens with one attached hydrogen (secondary N) is 2. The van der Waals surface area contributed by atoms with Crippen LogP contribution in [0.25, 0.3) is 0 Å². The fourth-order valence-corrected chi connectivity index (χ4v) is 12.2. The number of allylic oxidation sites excluding steroid dienone is 2. The van der Waals surface area contributed by atoms with E-state index in [-0.39, 0.29) is 51.1 Å². The molecule has 0 spiro atoms. The number of carbonyl (C=O) groups excluding carboxylic acids is 1. The number of carbonyl (C=O) groups is 1. The van der Waals surface area contributed by atoms with Gasteiger partial charge in [0.05, 0.1) is 31.0 Å². The molecule has 2 aliphatic rings. The Bertz CT molecular complexity index is 1700. The molecule has 0 saturated carbocycles. The lowest BCUT2D eigenvalue weighted by Crippen LogP contribution is -2.67. The second-order valence-corrected chi connectivity index (χ2v) is 26.3. The van der Waals surface area contributed by atoms with Crippen LogP contribution in [0.5, 0.6) is 0 Å². The smallest absolute Gasteiger partial charge is 0.396 e. The molecule has 1 amide bonds. The van der Waals surface area contributed by atoms with Crippen molar-refractivity contribution in [3.63, 3.8) is 0 Å². The molecular weight excluding hydrogens is 1190 g/mol. The van der Waals surface area contributed by atoms with E-state index in [1.807, 2.05) is 0 Å². The molecule has 2 fully saturated rings. The zero-order valence-corrected chi connectivity index (χ0v) is 57.7. The lowest BCUT2D eigenvalue weighted by atomic mass is 9.94. The molecule has 1 unspecified atom stereocenters. The number of unbranched alkanes of at least 4 members (excludes halogenated alkanes) is 30. The summed E-state index contributed by atoms with van der Waals surface area (Å²) in [5, 5.41) is 69.8. The average molecular weight is 1320 g/mol. The van der Waals surface area contributed by atoms with Gasteiger partial charge < -0.3 is 69.1 Å². The topological polar surface area (TPSA) is 311 Å². The highest BCUT2D eigenvalue weighted by atomic mass is 31.2. The zero-order chi connectivity index (χ0) is 65.6. The first-order valence-electron chi connectivity index (χ1n) is 35.2. The molecule has 0 aromatic carbocycles. The van der Waals surface area contributed by atoms with Crippen molar-refractivity contribution < 1.29 is 92.1 Å². The number of phosphoric acid groups is 1. The number of amides is 1. The van der Waals surface area contributed by atoms with Crippen LogP contribution in [0.2, 0.25) is 0 Å². The van der Waals surface area contributed by atoms with E-state index in [0.717, 1.165) is 128 Å². The molecule has 23 heteroatoms. The van der Waals surface area contributed by atoms with Crippen molar-refractivity contribution in [1.29, 1.82) is 0 Å². The van der Waals surface area contributed by atoms with E-state index in [1.54, 1.807) is 7.11 Å². The fraction of sp³-hybridized carbons (Fsp3) is 0.955. The average Bonchev–Trinajstić information content (AvgIpc) is 1.02. The highest BCUT2D eigenvalue weighted by Crippen LogP contribution is 2.41. The number of aliphatic hydroxyl groups is 5. The predicted molar refractivity (Wildman–Crippen MR) is 349 cm³/mol. The van der Waals surface area contributed by atoms with Gasteiger partial charge in [0.15, 0.2) is 12.6 Å². The molecule has 2 aliphatic heterocycles. The summed E-state index contributed by atoms with van der Waals surface area (Å²) >= 11 is 0. The second-order valence-electron chi connectivity index (χ2n) is 24.8. The van der Waals surface area contributed by atoms with Gasteiger partial charge in [0.25, 0.3) is 0 Å². The molecule has 0 aliphatic carbocycles. The van der Waals surface area contributed by atoms with E-state index in [2.05, 4.69) is 55.2 Å². The van der Waals surface area contributed by atoms with Gasteiger partial charge in [-0.15, -0.1) is 4.67 Å². The van der Waals surface area contributed by atoms with Gasteiger partial charge in [-0.05, 0) is 64.2 Å². The third-order valence-corrected chi connectivity index (χ3v) is 17.5. The molecule has 2 heterocycles. The Morgan fingerprint density at radius 2 is 1.03 bits per heavy atom. The number of ether oxygens (including phenoxy) is 6. The van der Waals surface area contributed by atoms with Gasteiger partial charge in [0.2, 0.25) is 5.91 Å². The molecule has 21 nitrogen and oxygen atoms in total. The van der Waals surface area contributed by atoms with Gasteiger partial charge in [-0.2, -0.15) is 0 Å². The van der Waals surface area contributed by atoms with Crippen LogP contribution in [0.4, 0.5) is 0 Å². The van der Waals surface area contributed by atoms with Gasteiger partial charge in [-0.3, -0.25) is 14.6 Å². The Kier molecular flexibility index (Phi) is 56.2. The molecule has 0 bridgehead atoms. The Morgan fingerprint density at radius 1 is 0.584 bits per heavy atom. The van der Waals surface area contributed by atoms with Gasteiger partial charge in [0, 0.05) is 39.8 Å². The summed E-state index contributed by atoms with van der Waals surface area (Å²) in [5.74, 6) is -0.295. The standard InChI is InChI=1S/C66H129N2O16P.HO3P/c1-6-10-14-18-21-24-25-26-27-28-29-31-33-37-41-45-57(71)67-59-63(80-50-47-54(78-5)44-40-35-17-13-9-4)61(73)55(46-48-69)82-65(59)81-52-56-62(74)64(79-49-42-38-34-23-20-16-12-8-3)60(66(83-56)84-85(75,76)77)68-58(72)51-53(70)43-39-36-32-30-22-19-15-11-7-2;1-3-4-2/h24-25,53-56,58-66,68-70,72-74H,6-23,26-52H2,1-5H3,(H,67,71)(H2,75,76,77);1H/b25-24-;/t53-,54+,55+,56?,58-,59+,60+,61+,62+,63+,64+,65+,66+;/m0./s1. The minimum atomic E-state index is -5.29. The Morgan fingerprint density at radius 3 is 1.55 bits per heavy atom. The van der Waals surface area contributed by atoms with Crippen molar-refractivity contribution in [3.8, 4) is 0 Å². The first-order valence-corrected chi connectivity index (χ1v) is 37.5. The van der Waals surface area contributed by atoms with Crippen molar-refractivity contribution in [2.24, 2.45) is 0 Å². The maximum absolute atomic E-state index is 14.0. The van der Waals surface area contributed by atoms with Crippen LogP contribution in [0, 0.1) is 0 Å². The molecule has 2 saturated heterocycles. The normalized spacial score (nSPS) is 23.4. The summed E-state index contributed by atoms with van der Waals surface area (Å²) in [5.41, 5.74) is 0. The summed E-state index contributed by atoms with van der Waals surface area (Å²) < 4.78 is 67.5. The molecule has 13 atom stereocenters. The van der Waals surface area contributed by atoms with Crippen molar-refractivity contribution >= 4 is 22.4 Å². The number of rotatable bonds is 59. The van der Waals surface area contributed by atoms with E-state index < -0.39 is 96.7 Å². The van der Waals surface area contributed by atoms with Crippen molar-refractivity contribution in [2.75, 3.05) is 33.5 Å². The Labute approximate surface area is 539 Å². The first-order chi connectivity index (χ1) is 43.1. The van der Waals surface area contributed by atoms with Crippen LogP contribution in [-0.2, 0) is 51.5 Å². The minimum absolute atomic E-state index is 0.00874. The van der Waals surface area contributed by atoms with Gasteiger partial charge in [-0.1, -0.05) is 226 Å². The number of phosphoric ester groups is 1. The number of methoxy groups -OCH3 is 1. The zero-order valence-electron chi connectivity index (χ0n) is 55.9. The van der Waals surface area contributed by atoms with Crippen LogP contribution in [0.3, 0.4) is 0 Å². The third-order valence-electron chi connectivity index (χ3n) is 17.0. The van der Waals surface area contributed by atoms with E-state index in [4.69, 9.17) is 42.8 Å². The van der Waals surface area contributed by atoms with E-state index in [0.29, 0.717) is 25.7 Å². The summed E-state index contributed by atoms with van der Waals surface area (Å²) in [4.78, 5) is 34.4. The third kappa shape index (κ3) is 44.3. The molecule has 0 radical (unpaired) electrons. The van der Waals surface area contributed by atoms with Crippen LogP contribution >= 0.6 is 16.5 Å². The minimum Gasteiger partial charge on any atom is -0.396 e. The van der Waals surface area contributed by atoms with Crippen molar-refractivity contribution in [3.05, 3.63) is 12.2 Å². The van der Waals surface area contributed by atoms with Crippen molar-refractivity contribution in [2.45, 2.75) is 371 Å². The summed E-state index contributed by atoms with van der Waals surface area (Å²) in [6.07, 6.45) is 31.9. The van der Waals surface area contributed by atoms with Crippen LogP contribution in [0.1, 0.15) is 291 Å². The molecule has 2 rings (SSSR count). The van der Waals surface area contributed by atoms with Crippen LogP contribution < -0.4 is 10.6 Å². The maximum atomic E-state index is 14.0. The monoisotopic (exact) mass is 1320 g/mol. The van der Waals surface area contributed by atoms with Crippen molar-refractivity contribution in [1.82, 2.24) is 10.6 Å². The van der Waals surface area contributed by atoms with E-state index in [9.17, 15) is 44.7 Å². The first kappa shape index (κ1) is 85.9. The summed E-state index contributed by atoms with van der Waals surface area (Å²) in [6.45, 7) is 8.34. The quantitative estimate of drug-likeness (QED) is 0.00676. The fourth-order valence-electron chi connectivity index (χ4n) is 11.7. The second kappa shape index (κ2) is 58.2. The van der Waals surface area contributed by atoms with E-state index in [1.165, 1.54) is 89.9 Å². The molecular formula is C66H130N2O19P2. The summed E-state index contributed by atoms with van der Waals surface area (Å²) in [7, 11) is -4.31. The molecule has 0 aromatic rings. The Hall–Kier alpha value is -1.14. The predicted octanol–water partition coefficient (Wildman–Crippen LogP) is 13.5. The summed E-state index contributed by atoms with van der Waals surface area (Å²) in [6, 6.07) is -2.41. The highest BCUT2D eigenvalue weighted by Gasteiger charge is 2.51. The molecule has 0 aromatic heterocycles. The molecule has 89 heavy (non-hydrogen) atoms. The number of hydrogen-bond donors (Lipinski definition) is 10. The molecule has 10 N–H and O–H groups in total. The van der Waals surface area contributed by atoms with E-state index >= 15 is 0 Å². The van der Waals surface area contributed by atoms with Gasteiger partial charge in [0.1, 0.15) is 42.8 Å². The highest BCUT2D eigenvalue weighted by molar-refractivity contribution is 7.46.